The topological polar surface area (TPSA) is 60.4 Å². The average molecular weight is 316 g/mol. The van der Waals surface area contributed by atoms with E-state index in [9.17, 15) is 26.2 Å². The van der Waals surface area contributed by atoms with Crippen LogP contribution in [0.3, 0.4) is 0 Å². The van der Waals surface area contributed by atoms with Gasteiger partial charge in [0, 0.05) is 11.7 Å². The zero-order valence-corrected chi connectivity index (χ0v) is 11.8. The summed E-state index contributed by atoms with van der Waals surface area (Å²) in [7, 11) is -8.30. The molecule has 0 spiro atoms. The van der Waals surface area contributed by atoms with Crippen LogP contribution in [0.25, 0.3) is 0 Å². The van der Waals surface area contributed by atoms with Gasteiger partial charge in [0.2, 0.25) is 0 Å². The van der Waals surface area contributed by atoms with E-state index in [2.05, 4.69) is 4.18 Å². The fourth-order valence-electron chi connectivity index (χ4n) is 1.29. The monoisotopic (exact) mass is 316 g/mol. The summed E-state index contributed by atoms with van der Waals surface area (Å²) < 4.78 is 74.2. The van der Waals surface area contributed by atoms with Crippen LogP contribution in [0, 0.1) is 0 Å². The smallest absolute Gasteiger partial charge is 0.376 e. The maximum Gasteiger partial charge on any atom is 0.534 e. The zero-order valence-electron chi connectivity index (χ0n) is 10.1. The maximum absolute atomic E-state index is 12.2. The van der Waals surface area contributed by atoms with Gasteiger partial charge in [-0.25, -0.2) is 0 Å². The Bertz CT molecular complexity index is 603. The summed E-state index contributed by atoms with van der Waals surface area (Å²) in [4.78, 5) is 0. The van der Waals surface area contributed by atoms with Crippen LogP contribution >= 0.6 is 7.14 Å². The van der Waals surface area contributed by atoms with Gasteiger partial charge in [-0.3, -0.25) is 0 Å². The second kappa shape index (κ2) is 5.17. The molecule has 19 heavy (non-hydrogen) atoms. The lowest BCUT2D eigenvalue weighted by molar-refractivity contribution is -0.0500. The highest BCUT2D eigenvalue weighted by Gasteiger charge is 2.48. The van der Waals surface area contributed by atoms with Gasteiger partial charge < -0.3 is 8.75 Å². The summed E-state index contributed by atoms with van der Waals surface area (Å²) in [5.74, 6) is -0.455. The third kappa shape index (κ3) is 4.54. The van der Waals surface area contributed by atoms with E-state index >= 15 is 0 Å². The minimum absolute atomic E-state index is 0.0451. The van der Waals surface area contributed by atoms with Crippen molar-refractivity contribution in [1.29, 1.82) is 0 Å². The molecule has 0 aliphatic heterocycles. The van der Waals surface area contributed by atoms with Crippen molar-refractivity contribution < 1.29 is 30.3 Å². The first-order chi connectivity index (χ1) is 8.42. The summed E-state index contributed by atoms with van der Waals surface area (Å²) >= 11 is 0. The van der Waals surface area contributed by atoms with E-state index in [1.165, 1.54) is 31.5 Å². The lowest BCUT2D eigenvalue weighted by Gasteiger charge is -2.14. The lowest BCUT2D eigenvalue weighted by atomic mass is 10.2. The molecule has 0 saturated carbocycles. The predicted molar refractivity (Wildman–Crippen MR) is 65.2 cm³/mol. The first-order valence-corrected chi connectivity index (χ1v) is 9.24. The molecule has 1 rings (SSSR count). The van der Waals surface area contributed by atoms with Gasteiger partial charge in [0.15, 0.2) is 0 Å². The lowest BCUT2D eigenvalue weighted by Crippen LogP contribution is -2.28. The molecule has 0 aliphatic carbocycles. The Morgan fingerprint density at radius 2 is 1.74 bits per heavy atom. The first kappa shape index (κ1) is 16.0. The van der Waals surface area contributed by atoms with Crippen molar-refractivity contribution in [1.82, 2.24) is 0 Å². The molecule has 0 amide bonds. The molecule has 0 N–H and O–H groups in total. The molecule has 0 saturated heterocycles. The number of rotatable bonds is 4. The fourth-order valence-corrected chi connectivity index (χ4v) is 2.87. The van der Waals surface area contributed by atoms with Gasteiger partial charge >= 0.3 is 15.6 Å². The molecule has 0 fully saturated rings. The normalized spacial score (nSPS) is 13.3. The van der Waals surface area contributed by atoms with Crippen molar-refractivity contribution >= 4 is 17.3 Å². The molecule has 0 aromatic heterocycles. The van der Waals surface area contributed by atoms with Gasteiger partial charge in [-0.15, -0.1) is 0 Å². The van der Waals surface area contributed by atoms with Gasteiger partial charge in [-0.1, -0.05) is 18.2 Å². The van der Waals surface area contributed by atoms with Crippen LogP contribution in [-0.2, 0) is 20.8 Å². The summed E-state index contributed by atoms with van der Waals surface area (Å²) in [6.45, 7) is 2.89. The Morgan fingerprint density at radius 3 is 2.21 bits per heavy atom. The van der Waals surface area contributed by atoms with E-state index in [4.69, 9.17) is 0 Å². The number of benzene rings is 1. The molecule has 9 heteroatoms. The minimum Gasteiger partial charge on any atom is -0.376 e. The van der Waals surface area contributed by atoms with Crippen molar-refractivity contribution in [2.24, 2.45) is 0 Å². The Balaban J connectivity index is 3.13. The van der Waals surface area contributed by atoms with Crippen LogP contribution in [0.5, 0.6) is 5.75 Å². The van der Waals surface area contributed by atoms with Gasteiger partial charge in [-0.2, -0.15) is 21.6 Å². The Labute approximate surface area is 109 Å². The molecule has 0 atom stereocenters. The molecule has 0 heterocycles. The Kier molecular flexibility index (Phi) is 4.37. The molecular formula is C10H12F3O4PS. The SMILES string of the molecule is CP(C)(=O)Cc1ccccc1OS(=O)(=O)C(F)(F)F. The Morgan fingerprint density at radius 1 is 1.21 bits per heavy atom. The standard InChI is InChI=1S/C10H12F3O4PS/c1-18(2,14)7-8-5-3-4-6-9(8)17-19(15,16)10(11,12)13/h3-6H,7H2,1-2H3. The molecule has 108 valence electrons. The second-order valence-electron chi connectivity index (χ2n) is 4.32. The first-order valence-electron chi connectivity index (χ1n) is 5.05. The molecular weight excluding hydrogens is 304 g/mol. The molecule has 1 aromatic carbocycles. The molecule has 0 radical (unpaired) electrons. The number of para-hydroxylation sites is 1. The van der Waals surface area contributed by atoms with Gasteiger partial charge in [0.05, 0.1) is 7.14 Å². The molecule has 0 unspecified atom stereocenters. The van der Waals surface area contributed by atoms with E-state index < -0.39 is 28.5 Å². The highest BCUT2D eigenvalue weighted by atomic mass is 32.2. The summed E-state index contributed by atoms with van der Waals surface area (Å²) in [5.41, 5.74) is -5.34. The average Bonchev–Trinajstić information content (AvgIpc) is 2.16. The number of hydrogen-bond acceptors (Lipinski definition) is 4. The largest absolute Gasteiger partial charge is 0.534 e. The summed E-state index contributed by atoms with van der Waals surface area (Å²) in [6, 6.07) is 5.30. The summed E-state index contributed by atoms with van der Waals surface area (Å²) in [5, 5.41) is 0. The quantitative estimate of drug-likeness (QED) is 0.487. The third-order valence-electron chi connectivity index (χ3n) is 2.01. The van der Waals surface area contributed by atoms with Crippen molar-refractivity contribution in [3.05, 3.63) is 29.8 Å². The number of hydrogen-bond donors (Lipinski definition) is 0. The van der Waals surface area contributed by atoms with E-state index in [0.29, 0.717) is 0 Å². The van der Waals surface area contributed by atoms with E-state index in [0.717, 1.165) is 6.07 Å². The van der Waals surface area contributed by atoms with Gasteiger partial charge in [-0.05, 0) is 19.4 Å². The van der Waals surface area contributed by atoms with Crippen molar-refractivity contribution in [3.63, 3.8) is 0 Å². The number of alkyl halides is 3. The number of halogens is 3. The molecule has 4 nitrogen and oxygen atoms in total. The zero-order chi connectivity index (χ0) is 14.9. The van der Waals surface area contributed by atoms with Crippen LogP contribution in [0.4, 0.5) is 13.2 Å². The minimum atomic E-state index is -5.72. The predicted octanol–water partition coefficient (Wildman–Crippen LogP) is 3.04. The van der Waals surface area contributed by atoms with Crippen molar-refractivity contribution in [3.8, 4) is 5.75 Å². The fraction of sp³-hybridized carbons (Fsp3) is 0.400. The highest BCUT2D eigenvalue weighted by molar-refractivity contribution is 7.88. The highest BCUT2D eigenvalue weighted by Crippen LogP contribution is 2.43. The van der Waals surface area contributed by atoms with E-state index in [1.54, 1.807) is 0 Å². The van der Waals surface area contributed by atoms with E-state index in [-0.39, 0.29) is 11.7 Å². The second-order valence-corrected chi connectivity index (χ2v) is 9.32. The van der Waals surface area contributed by atoms with Crippen LogP contribution in [0.1, 0.15) is 5.56 Å². The molecule has 0 aliphatic rings. The molecule has 1 aromatic rings. The van der Waals surface area contributed by atoms with Crippen molar-refractivity contribution in [2.75, 3.05) is 13.3 Å². The van der Waals surface area contributed by atoms with Crippen LogP contribution in [-0.4, -0.2) is 27.3 Å². The van der Waals surface area contributed by atoms with Crippen molar-refractivity contribution in [2.45, 2.75) is 11.7 Å². The summed E-state index contributed by atoms with van der Waals surface area (Å²) in [6.07, 6.45) is -0.0451. The van der Waals surface area contributed by atoms with Crippen LogP contribution < -0.4 is 4.18 Å². The van der Waals surface area contributed by atoms with Crippen LogP contribution in [0.2, 0.25) is 0 Å². The van der Waals surface area contributed by atoms with Gasteiger partial charge in [0.1, 0.15) is 5.75 Å². The Hall–Kier alpha value is -1.01. The van der Waals surface area contributed by atoms with Gasteiger partial charge in [0.25, 0.3) is 0 Å². The van der Waals surface area contributed by atoms with E-state index in [1.807, 2.05) is 0 Å². The third-order valence-corrected chi connectivity index (χ3v) is 4.07. The maximum atomic E-state index is 12.2. The van der Waals surface area contributed by atoms with Crippen LogP contribution in [0.15, 0.2) is 24.3 Å². The molecule has 0 bridgehead atoms.